The summed E-state index contributed by atoms with van der Waals surface area (Å²) in [4.78, 5) is 24.8. The van der Waals surface area contributed by atoms with Gasteiger partial charge in [-0.3, -0.25) is 9.59 Å². The van der Waals surface area contributed by atoms with Crippen LogP contribution >= 0.6 is 11.8 Å². The fraction of sp³-hybridized carbons (Fsp3) is 0.529. The second-order valence-corrected chi connectivity index (χ2v) is 6.24. The third kappa shape index (κ3) is 6.34. The first-order chi connectivity index (χ1) is 10.1. The highest BCUT2D eigenvalue weighted by molar-refractivity contribution is 8.13. The van der Waals surface area contributed by atoms with Crippen LogP contribution in [0.15, 0.2) is 24.3 Å². The van der Waals surface area contributed by atoms with Gasteiger partial charge in [0, 0.05) is 31.3 Å². The van der Waals surface area contributed by atoms with Crippen LogP contribution in [0.5, 0.6) is 0 Å². The van der Waals surface area contributed by atoms with Crippen molar-refractivity contribution in [3.8, 4) is 0 Å². The molecule has 0 bridgehead atoms. The van der Waals surface area contributed by atoms with Crippen LogP contribution < -0.4 is 0 Å². The lowest BCUT2D eigenvalue weighted by atomic mass is 10.1. The van der Waals surface area contributed by atoms with Gasteiger partial charge in [-0.05, 0) is 50.8 Å². The Hall–Kier alpha value is -1.29. The van der Waals surface area contributed by atoms with Gasteiger partial charge in [0.15, 0.2) is 5.12 Å². The molecule has 0 heterocycles. The Morgan fingerprint density at radius 1 is 1.05 bits per heavy atom. The minimum Gasteiger partial charge on any atom is -0.339 e. The number of carbonyl (C=O) groups excluding carboxylic acids is 2. The average molecular weight is 307 g/mol. The molecule has 3 nitrogen and oxygen atoms in total. The Morgan fingerprint density at radius 2 is 1.67 bits per heavy atom. The summed E-state index contributed by atoms with van der Waals surface area (Å²) < 4.78 is 0. The average Bonchev–Trinajstić information content (AvgIpc) is 2.48. The zero-order valence-electron chi connectivity index (χ0n) is 13.2. The smallest absolute Gasteiger partial charge is 0.253 e. The number of thioether (sulfide) groups is 1. The summed E-state index contributed by atoms with van der Waals surface area (Å²) in [5.41, 5.74) is 2.01. The van der Waals surface area contributed by atoms with E-state index in [0.29, 0.717) is 0 Å². The SMILES string of the molecule is CCN(CC)C(=O)c1ccc(CCCCSC(C)=O)cc1. The highest BCUT2D eigenvalue weighted by Crippen LogP contribution is 2.12. The Kier molecular flexibility index (Phi) is 8.13. The van der Waals surface area contributed by atoms with Gasteiger partial charge in [-0.15, -0.1) is 0 Å². The van der Waals surface area contributed by atoms with Gasteiger partial charge in [-0.2, -0.15) is 0 Å². The Morgan fingerprint density at radius 3 is 2.19 bits per heavy atom. The van der Waals surface area contributed by atoms with Gasteiger partial charge in [-0.25, -0.2) is 0 Å². The van der Waals surface area contributed by atoms with E-state index >= 15 is 0 Å². The summed E-state index contributed by atoms with van der Waals surface area (Å²) in [6, 6.07) is 7.91. The van der Waals surface area contributed by atoms with Crippen molar-refractivity contribution in [2.24, 2.45) is 0 Å². The van der Waals surface area contributed by atoms with Gasteiger partial charge in [0.25, 0.3) is 5.91 Å². The summed E-state index contributed by atoms with van der Waals surface area (Å²) >= 11 is 1.39. The van der Waals surface area contributed by atoms with E-state index in [1.165, 1.54) is 17.3 Å². The van der Waals surface area contributed by atoms with Gasteiger partial charge in [-0.1, -0.05) is 23.9 Å². The van der Waals surface area contributed by atoms with Crippen molar-refractivity contribution in [2.75, 3.05) is 18.8 Å². The zero-order chi connectivity index (χ0) is 15.7. The first-order valence-corrected chi connectivity index (χ1v) is 8.58. The molecule has 1 aromatic carbocycles. The van der Waals surface area contributed by atoms with Crippen molar-refractivity contribution < 1.29 is 9.59 Å². The number of carbonyl (C=O) groups is 2. The summed E-state index contributed by atoms with van der Waals surface area (Å²) in [7, 11) is 0. The maximum Gasteiger partial charge on any atom is 0.253 e. The van der Waals surface area contributed by atoms with E-state index in [-0.39, 0.29) is 11.0 Å². The molecular weight excluding hydrogens is 282 g/mol. The van der Waals surface area contributed by atoms with Crippen LogP contribution in [-0.4, -0.2) is 34.8 Å². The third-order valence-corrected chi connectivity index (χ3v) is 4.32. The molecule has 0 spiro atoms. The topological polar surface area (TPSA) is 37.4 Å². The Balaban J connectivity index is 2.43. The van der Waals surface area contributed by atoms with Crippen molar-refractivity contribution in [3.63, 3.8) is 0 Å². The molecule has 116 valence electrons. The first kappa shape index (κ1) is 17.8. The van der Waals surface area contributed by atoms with Crippen LogP contribution in [0.25, 0.3) is 0 Å². The van der Waals surface area contributed by atoms with Gasteiger partial charge in [0.05, 0.1) is 0 Å². The van der Waals surface area contributed by atoms with Gasteiger partial charge >= 0.3 is 0 Å². The summed E-state index contributed by atoms with van der Waals surface area (Å²) in [5.74, 6) is 0.998. The van der Waals surface area contributed by atoms with Crippen LogP contribution in [0.3, 0.4) is 0 Å². The molecule has 0 aliphatic rings. The van der Waals surface area contributed by atoms with E-state index in [9.17, 15) is 9.59 Å². The minimum absolute atomic E-state index is 0.101. The van der Waals surface area contributed by atoms with Crippen molar-refractivity contribution in [3.05, 3.63) is 35.4 Å². The molecular formula is C17H25NO2S. The molecule has 0 radical (unpaired) electrons. The number of hydrogen-bond donors (Lipinski definition) is 0. The van der Waals surface area contributed by atoms with Crippen LogP contribution in [0.1, 0.15) is 49.5 Å². The number of rotatable bonds is 8. The molecule has 0 N–H and O–H groups in total. The first-order valence-electron chi connectivity index (χ1n) is 7.60. The van der Waals surface area contributed by atoms with E-state index in [0.717, 1.165) is 43.7 Å². The lowest BCUT2D eigenvalue weighted by Gasteiger charge is -2.18. The largest absolute Gasteiger partial charge is 0.339 e. The van der Waals surface area contributed by atoms with Crippen molar-refractivity contribution in [1.29, 1.82) is 0 Å². The van der Waals surface area contributed by atoms with E-state index in [1.54, 1.807) is 6.92 Å². The van der Waals surface area contributed by atoms with E-state index in [2.05, 4.69) is 0 Å². The number of aryl methyl sites for hydroxylation is 1. The molecule has 1 rings (SSSR count). The minimum atomic E-state index is 0.101. The maximum absolute atomic E-state index is 12.2. The van der Waals surface area contributed by atoms with Crippen LogP contribution in [-0.2, 0) is 11.2 Å². The molecule has 1 aromatic rings. The van der Waals surface area contributed by atoms with Gasteiger partial charge in [0.1, 0.15) is 0 Å². The molecule has 4 heteroatoms. The van der Waals surface area contributed by atoms with Crippen LogP contribution in [0, 0.1) is 0 Å². The van der Waals surface area contributed by atoms with Crippen molar-refractivity contribution in [2.45, 2.75) is 40.0 Å². The second kappa shape index (κ2) is 9.61. The standard InChI is InChI=1S/C17H25NO2S/c1-4-18(5-2)17(20)16-11-9-15(10-12-16)8-6-7-13-21-14(3)19/h9-12H,4-8,13H2,1-3H3. The second-order valence-electron chi connectivity index (χ2n) is 4.97. The molecule has 0 saturated heterocycles. The molecule has 21 heavy (non-hydrogen) atoms. The lowest BCUT2D eigenvalue weighted by Crippen LogP contribution is -2.30. The van der Waals surface area contributed by atoms with E-state index in [4.69, 9.17) is 0 Å². The van der Waals surface area contributed by atoms with Crippen LogP contribution in [0.4, 0.5) is 0 Å². The maximum atomic E-state index is 12.2. The Labute approximate surface area is 132 Å². The number of amides is 1. The summed E-state index contributed by atoms with van der Waals surface area (Å²) in [5, 5.41) is 0.189. The fourth-order valence-electron chi connectivity index (χ4n) is 2.15. The van der Waals surface area contributed by atoms with Crippen molar-refractivity contribution >= 4 is 22.8 Å². The summed E-state index contributed by atoms with van der Waals surface area (Å²) in [6.07, 6.45) is 3.12. The number of unbranched alkanes of at least 4 members (excludes halogenated alkanes) is 1. The highest BCUT2D eigenvalue weighted by atomic mass is 32.2. The van der Waals surface area contributed by atoms with Crippen molar-refractivity contribution in [1.82, 2.24) is 4.90 Å². The number of nitrogens with zero attached hydrogens (tertiary/aromatic N) is 1. The zero-order valence-corrected chi connectivity index (χ0v) is 14.0. The fourth-order valence-corrected chi connectivity index (χ4v) is 2.79. The molecule has 1 amide bonds. The molecule has 0 aromatic heterocycles. The molecule has 0 unspecified atom stereocenters. The quantitative estimate of drug-likeness (QED) is 0.686. The van der Waals surface area contributed by atoms with Gasteiger partial charge in [0.2, 0.25) is 0 Å². The molecule has 0 fully saturated rings. The normalized spacial score (nSPS) is 10.4. The molecule has 0 atom stereocenters. The van der Waals surface area contributed by atoms with E-state index < -0.39 is 0 Å². The predicted octanol–water partition coefficient (Wildman–Crippen LogP) is 3.77. The molecule has 0 saturated carbocycles. The number of benzene rings is 1. The predicted molar refractivity (Wildman–Crippen MR) is 89.8 cm³/mol. The lowest BCUT2D eigenvalue weighted by molar-refractivity contribution is -0.109. The van der Waals surface area contributed by atoms with Crippen LogP contribution in [0.2, 0.25) is 0 Å². The summed E-state index contributed by atoms with van der Waals surface area (Å²) in [6.45, 7) is 7.08. The Bertz CT molecular complexity index is 452. The monoisotopic (exact) mass is 307 g/mol. The molecule has 0 aliphatic heterocycles. The third-order valence-electron chi connectivity index (χ3n) is 3.42. The molecule has 0 aliphatic carbocycles. The number of hydrogen-bond acceptors (Lipinski definition) is 3. The highest BCUT2D eigenvalue weighted by Gasteiger charge is 2.11. The van der Waals surface area contributed by atoms with E-state index in [1.807, 2.05) is 43.0 Å². The van der Waals surface area contributed by atoms with Gasteiger partial charge < -0.3 is 4.90 Å².